The quantitative estimate of drug-likeness (QED) is 0.197. The van der Waals surface area contributed by atoms with Crippen molar-refractivity contribution in [2.75, 3.05) is 37.0 Å². The summed E-state index contributed by atoms with van der Waals surface area (Å²) < 4.78 is 13.5. The van der Waals surface area contributed by atoms with Crippen LogP contribution in [0.3, 0.4) is 0 Å². The fraction of sp³-hybridized carbons (Fsp3) is 1.00. The molecule has 0 aliphatic rings. The molecule has 0 spiro atoms. The van der Waals surface area contributed by atoms with Crippen molar-refractivity contribution in [3.8, 4) is 0 Å². The zero-order valence-electron chi connectivity index (χ0n) is 18.4. The van der Waals surface area contributed by atoms with E-state index in [-0.39, 0.29) is 0 Å². The van der Waals surface area contributed by atoms with Crippen LogP contribution in [0.15, 0.2) is 0 Å². The number of hydrogen-bond donors (Lipinski definition) is 0. The first-order valence-corrected chi connectivity index (χ1v) is 18.1. The van der Waals surface area contributed by atoms with Crippen LogP contribution in [-0.4, -0.2) is 37.0 Å². The van der Waals surface area contributed by atoms with E-state index in [1.54, 1.807) is 11.4 Å². The Morgan fingerprint density at radius 1 is 0.731 bits per heavy atom. The summed E-state index contributed by atoms with van der Waals surface area (Å²) in [6.45, 7) is 11.8. The molecule has 2 nitrogen and oxygen atoms in total. The van der Waals surface area contributed by atoms with Gasteiger partial charge in [-0.1, -0.05) is 0 Å². The van der Waals surface area contributed by atoms with Crippen LogP contribution in [0, 0.1) is 0 Å². The predicted molar refractivity (Wildman–Crippen MR) is 131 cm³/mol. The third-order valence-electron chi connectivity index (χ3n) is 5.21. The SMILES string of the molecule is CCCCP(CCCC)(CCCC)(CCCC)OP(=S)(OCC)SCC. The average Bonchev–Trinajstić information content (AvgIpc) is 2.62. The third-order valence-corrected chi connectivity index (χ3v) is 19.3. The van der Waals surface area contributed by atoms with Crippen molar-refractivity contribution in [2.45, 2.75) is 92.9 Å². The molecule has 0 aliphatic carbocycles. The second kappa shape index (κ2) is 14.4. The molecular formula is C20H46O2P2S2. The molecule has 0 saturated heterocycles. The van der Waals surface area contributed by atoms with Gasteiger partial charge in [0.05, 0.1) is 0 Å². The molecule has 1 unspecified atom stereocenters. The summed E-state index contributed by atoms with van der Waals surface area (Å²) >= 11 is 7.86. The van der Waals surface area contributed by atoms with E-state index in [1.807, 2.05) is 0 Å². The molecule has 0 aromatic rings. The Morgan fingerprint density at radius 2 is 1.12 bits per heavy atom. The van der Waals surface area contributed by atoms with E-state index in [4.69, 9.17) is 20.6 Å². The zero-order chi connectivity index (χ0) is 20.0. The molecule has 0 aromatic carbocycles. The van der Waals surface area contributed by atoms with Gasteiger partial charge < -0.3 is 0 Å². The molecule has 0 fully saturated rings. The van der Waals surface area contributed by atoms with Gasteiger partial charge in [0, 0.05) is 0 Å². The van der Waals surface area contributed by atoms with Gasteiger partial charge in [0.1, 0.15) is 0 Å². The van der Waals surface area contributed by atoms with Gasteiger partial charge >= 0.3 is 174 Å². The average molecular weight is 445 g/mol. The van der Waals surface area contributed by atoms with Crippen molar-refractivity contribution >= 4 is 35.7 Å². The van der Waals surface area contributed by atoms with Gasteiger partial charge in [-0.2, -0.15) is 0 Å². The minimum absolute atomic E-state index is 0.667. The molecule has 0 aromatic heterocycles. The number of rotatable bonds is 18. The molecule has 1 atom stereocenters. The molecule has 160 valence electrons. The Hall–Kier alpha value is 1.35. The van der Waals surface area contributed by atoms with Gasteiger partial charge in [-0.3, -0.25) is 0 Å². The van der Waals surface area contributed by atoms with E-state index >= 15 is 0 Å². The minimum atomic E-state index is -2.34. The summed E-state index contributed by atoms with van der Waals surface area (Å²) in [5.74, 6) is 0.979. The molecular weight excluding hydrogens is 398 g/mol. The summed E-state index contributed by atoms with van der Waals surface area (Å²) in [7, 11) is 0. The monoisotopic (exact) mass is 444 g/mol. The second-order valence-electron chi connectivity index (χ2n) is 7.53. The van der Waals surface area contributed by atoms with Crippen LogP contribution < -0.4 is 0 Å². The van der Waals surface area contributed by atoms with Crippen LogP contribution in [-0.2, 0) is 20.6 Å². The van der Waals surface area contributed by atoms with Gasteiger partial charge in [-0.25, -0.2) is 0 Å². The second-order valence-corrected chi connectivity index (χ2v) is 20.0. The van der Waals surface area contributed by atoms with Crippen LogP contribution in [0.1, 0.15) is 92.9 Å². The Bertz CT molecular complexity index is 352. The Morgan fingerprint density at radius 3 is 1.38 bits per heavy atom. The van der Waals surface area contributed by atoms with Crippen LogP contribution in [0.5, 0.6) is 0 Å². The summed E-state index contributed by atoms with van der Waals surface area (Å²) in [4.78, 5) is 0. The molecule has 0 bridgehead atoms. The van der Waals surface area contributed by atoms with Gasteiger partial charge in [-0.15, -0.1) is 0 Å². The standard InChI is InChI=1S/C20H46O2P2S2/c1-7-13-17-24(18-14-8-2,19-15-9-3,20-16-10-4)22-23(25,21-11-5)26-12-6/h7-20H2,1-6H3. The van der Waals surface area contributed by atoms with E-state index in [2.05, 4.69) is 41.5 Å². The zero-order valence-corrected chi connectivity index (χ0v) is 21.8. The van der Waals surface area contributed by atoms with Crippen molar-refractivity contribution in [2.24, 2.45) is 0 Å². The number of unbranched alkanes of at least 4 members (excludes halogenated alkanes) is 4. The van der Waals surface area contributed by atoms with E-state index in [9.17, 15) is 0 Å². The Balaban J connectivity index is 6.08. The Labute approximate surface area is 174 Å². The maximum absolute atomic E-state index is 7.30. The van der Waals surface area contributed by atoms with Crippen molar-refractivity contribution in [3.05, 3.63) is 0 Å². The summed E-state index contributed by atoms with van der Waals surface area (Å²) in [5.41, 5.74) is -2.26. The van der Waals surface area contributed by atoms with Crippen molar-refractivity contribution in [1.29, 1.82) is 0 Å². The van der Waals surface area contributed by atoms with Crippen LogP contribution >= 0.6 is 23.9 Å². The third kappa shape index (κ3) is 9.23. The molecule has 6 heteroatoms. The molecule has 0 heterocycles. The first-order chi connectivity index (χ1) is 12.4. The van der Waals surface area contributed by atoms with Gasteiger partial charge in [0.15, 0.2) is 0 Å². The summed E-state index contributed by atoms with van der Waals surface area (Å²) in [6, 6.07) is 0. The van der Waals surface area contributed by atoms with Crippen LogP contribution in [0.25, 0.3) is 0 Å². The van der Waals surface area contributed by atoms with Gasteiger partial charge in [-0.05, 0) is 0 Å². The molecule has 0 saturated carbocycles. The van der Waals surface area contributed by atoms with Crippen molar-refractivity contribution < 1.29 is 8.83 Å². The van der Waals surface area contributed by atoms with E-state index < -0.39 is 12.5 Å². The molecule has 0 aliphatic heterocycles. The van der Waals surface area contributed by atoms with Gasteiger partial charge in [0.25, 0.3) is 0 Å². The van der Waals surface area contributed by atoms with E-state index in [1.165, 1.54) is 76.0 Å². The first-order valence-electron chi connectivity index (χ1n) is 11.0. The number of hydrogen-bond acceptors (Lipinski definition) is 4. The fourth-order valence-corrected chi connectivity index (χ4v) is 20.8. The van der Waals surface area contributed by atoms with Crippen LogP contribution in [0.4, 0.5) is 0 Å². The summed E-state index contributed by atoms with van der Waals surface area (Å²) in [5, 5.41) is 0. The van der Waals surface area contributed by atoms with E-state index in [0.29, 0.717) is 6.61 Å². The normalized spacial score (nSPS) is 16.2. The molecule has 0 radical (unpaired) electrons. The van der Waals surface area contributed by atoms with Crippen molar-refractivity contribution in [3.63, 3.8) is 0 Å². The van der Waals surface area contributed by atoms with Crippen molar-refractivity contribution in [1.82, 2.24) is 0 Å². The maximum atomic E-state index is 7.30. The predicted octanol–water partition coefficient (Wildman–Crippen LogP) is 8.69. The molecule has 0 N–H and O–H groups in total. The molecule has 26 heavy (non-hydrogen) atoms. The van der Waals surface area contributed by atoms with Gasteiger partial charge in [0.2, 0.25) is 0 Å². The molecule has 0 rings (SSSR count). The fourth-order valence-electron chi connectivity index (χ4n) is 3.75. The topological polar surface area (TPSA) is 18.5 Å². The molecule has 0 amide bonds. The Kier molecular flexibility index (Phi) is 15.1. The van der Waals surface area contributed by atoms with E-state index in [0.717, 1.165) is 5.75 Å². The first kappa shape index (κ1) is 27.4. The summed E-state index contributed by atoms with van der Waals surface area (Å²) in [6.07, 6.45) is 15.1. The van der Waals surface area contributed by atoms with Crippen LogP contribution in [0.2, 0.25) is 0 Å².